The maximum atomic E-state index is 11.2. The third kappa shape index (κ3) is 2.49. The summed E-state index contributed by atoms with van der Waals surface area (Å²) in [4.78, 5) is 12.6. The van der Waals surface area contributed by atoms with Crippen molar-refractivity contribution < 1.29 is 14.8 Å². The fourth-order valence-electron chi connectivity index (χ4n) is 2.28. The molecule has 0 atom stereocenters. The molecule has 1 aliphatic rings. The standard InChI is InChI=1S/C13H18N2O4/c1-3-13(16)8-14(9-13)10-6-5-7-11(19-4-2)12(10)15(17)18/h5-7,16H,3-4,8-9H2,1-2H3. The summed E-state index contributed by atoms with van der Waals surface area (Å²) in [5.41, 5.74) is -0.244. The molecule has 1 aliphatic heterocycles. The molecule has 1 heterocycles. The zero-order valence-electron chi connectivity index (χ0n) is 11.1. The maximum Gasteiger partial charge on any atom is 0.333 e. The van der Waals surface area contributed by atoms with Gasteiger partial charge >= 0.3 is 5.69 Å². The minimum absolute atomic E-state index is 0.0255. The Hall–Kier alpha value is -1.82. The Bertz CT molecular complexity index is 484. The molecule has 2 rings (SSSR count). The summed E-state index contributed by atoms with van der Waals surface area (Å²) in [6.45, 7) is 4.90. The molecule has 0 radical (unpaired) electrons. The van der Waals surface area contributed by atoms with Crippen molar-refractivity contribution >= 4 is 11.4 Å². The number of nitro benzene ring substituents is 1. The van der Waals surface area contributed by atoms with Gasteiger partial charge in [-0.15, -0.1) is 0 Å². The number of anilines is 1. The minimum atomic E-state index is -0.727. The Kier molecular flexibility index (Phi) is 3.61. The lowest BCUT2D eigenvalue weighted by Crippen LogP contribution is -2.61. The van der Waals surface area contributed by atoms with Crippen LogP contribution in [0.3, 0.4) is 0 Å². The molecule has 0 amide bonds. The first-order chi connectivity index (χ1) is 9.00. The van der Waals surface area contributed by atoms with Crippen LogP contribution in [0.4, 0.5) is 11.4 Å². The number of para-hydroxylation sites is 1. The Morgan fingerprint density at radius 1 is 1.47 bits per heavy atom. The fraction of sp³-hybridized carbons (Fsp3) is 0.538. The number of β-amino-alcohol motifs (C(OH)–C–C–N with tert-alkyl or cyclic N) is 1. The van der Waals surface area contributed by atoms with Crippen molar-refractivity contribution in [1.82, 2.24) is 0 Å². The molecule has 1 aromatic carbocycles. The molecule has 0 unspecified atom stereocenters. The lowest BCUT2D eigenvalue weighted by Gasteiger charge is -2.47. The highest BCUT2D eigenvalue weighted by atomic mass is 16.6. The quantitative estimate of drug-likeness (QED) is 0.651. The van der Waals surface area contributed by atoms with Gasteiger partial charge in [-0.05, 0) is 25.5 Å². The molecule has 1 aromatic rings. The Morgan fingerprint density at radius 3 is 2.68 bits per heavy atom. The molecular weight excluding hydrogens is 248 g/mol. The van der Waals surface area contributed by atoms with Crippen LogP contribution < -0.4 is 9.64 Å². The molecule has 1 fully saturated rings. The van der Waals surface area contributed by atoms with Gasteiger partial charge in [0.05, 0.1) is 17.1 Å². The smallest absolute Gasteiger partial charge is 0.333 e. The van der Waals surface area contributed by atoms with Crippen LogP contribution in [-0.4, -0.2) is 35.3 Å². The van der Waals surface area contributed by atoms with Crippen LogP contribution in [0.15, 0.2) is 18.2 Å². The summed E-state index contributed by atoms with van der Waals surface area (Å²) >= 11 is 0. The average molecular weight is 266 g/mol. The Labute approximate surface area is 111 Å². The average Bonchev–Trinajstić information content (AvgIpc) is 2.35. The number of nitro groups is 1. The predicted octanol–water partition coefficient (Wildman–Crippen LogP) is 1.95. The first kappa shape index (κ1) is 13.6. The van der Waals surface area contributed by atoms with Crippen LogP contribution in [0.25, 0.3) is 0 Å². The van der Waals surface area contributed by atoms with Gasteiger partial charge in [-0.3, -0.25) is 10.1 Å². The fourth-order valence-corrected chi connectivity index (χ4v) is 2.28. The summed E-state index contributed by atoms with van der Waals surface area (Å²) < 4.78 is 5.31. The van der Waals surface area contributed by atoms with E-state index in [1.54, 1.807) is 25.1 Å². The van der Waals surface area contributed by atoms with E-state index in [2.05, 4.69) is 0 Å². The number of nitrogens with zero attached hydrogens (tertiary/aromatic N) is 2. The van der Waals surface area contributed by atoms with Gasteiger partial charge in [0.25, 0.3) is 0 Å². The third-order valence-electron chi connectivity index (χ3n) is 3.43. The van der Waals surface area contributed by atoms with Crippen LogP contribution in [0.5, 0.6) is 5.75 Å². The Balaban J connectivity index is 2.31. The summed E-state index contributed by atoms with van der Waals surface area (Å²) in [7, 11) is 0. The van der Waals surface area contributed by atoms with E-state index in [-0.39, 0.29) is 11.4 Å². The van der Waals surface area contributed by atoms with Gasteiger partial charge in [-0.2, -0.15) is 0 Å². The molecule has 0 aromatic heterocycles. The number of hydrogen-bond donors (Lipinski definition) is 1. The summed E-state index contributed by atoms with van der Waals surface area (Å²) in [6, 6.07) is 5.02. The zero-order chi connectivity index (χ0) is 14.0. The lowest BCUT2D eigenvalue weighted by molar-refractivity contribution is -0.385. The van der Waals surface area contributed by atoms with E-state index in [1.165, 1.54) is 0 Å². The maximum absolute atomic E-state index is 11.2. The monoisotopic (exact) mass is 266 g/mol. The predicted molar refractivity (Wildman–Crippen MR) is 71.7 cm³/mol. The van der Waals surface area contributed by atoms with Gasteiger partial charge < -0.3 is 14.7 Å². The highest BCUT2D eigenvalue weighted by molar-refractivity contribution is 5.71. The van der Waals surface area contributed by atoms with Crippen molar-refractivity contribution in [2.75, 3.05) is 24.6 Å². The second kappa shape index (κ2) is 5.05. The molecule has 1 saturated heterocycles. The van der Waals surface area contributed by atoms with Crippen LogP contribution in [-0.2, 0) is 0 Å². The van der Waals surface area contributed by atoms with E-state index >= 15 is 0 Å². The van der Waals surface area contributed by atoms with Gasteiger partial charge in [-0.1, -0.05) is 13.0 Å². The highest BCUT2D eigenvalue weighted by Gasteiger charge is 2.42. The molecule has 6 heteroatoms. The van der Waals surface area contributed by atoms with E-state index in [4.69, 9.17) is 4.74 Å². The molecule has 0 aliphatic carbocycles. The molecule has 6 nitrogen and oxygen atoms in total. The zero-order valence-corrected chi connectivity index (χ0v) is 11.1. The van der Waals surface area contributed by atoms with Gasteiger partial charge in [-0.25, -0.2) is 0 Å². The van der Waals surface area contributed by atoms with Crippen LogP contribution >= 0.6 is 0 Å². The minimum Gasteiger partial charge on any atom is -0.487 e. The van der Waals surface area contributed by atoms with Crippen molar-refractivity contribution in [3.63, 3.8) is 0 Å². The van der Waals surface area contributed by atoms with E-state index in [1.807, 2.05) is 11.8 Å². The second-order valence-corrected chi connectivity index (χ2v) is 4.75. The first-order valence-corrected chi connectivity index (χ1v) is 6.38. The van der Waals surface area contributed by atoms with E-state index in [9.17, 15) is 15.2 Å². The SMILES string of the molecule is CCOc1cccc(N2CC(O)(CC)C2)c1[N+](=O)[O-]. The topological polar surface area (TPSA) is 75.8 Å². The summed E-state index contributed by atoms with van der Waals surface area (Å²) in [5.74, 6) is 0.275. The Morgan fingerprint density at radius 2 is 2.16 bits per heavy atom. The lowest BCUT2D eigenvalue weighted by atomic mass is 9.90. The summed E-state index contributed by atoms with van der Waals surface area (Å²) in [6.07, 6.45) is 0.641. The molecule has 19 heavy (non-hydrogen) atoms. The highest BCUT2D eigenvalue weighted by Crippen LogP contribution is 2.41. The molecule has 104 valence electrons. The van der Waals surface area contributed by atoms with Crippen molar-refractivity contribution in [3.05, 3.63) is 28.3 Å². The molecule has 0 saturated carbocycles. The summed E-state index contributed by atoms with van der Waals surface area (Å²) in [5, 5.41) is 21.2. The van der Waals surface area contributed by atoms with E-state index in [0.717, 1.165) is 0 Å². The van der Waals surface area contributed by atoms with Crippen molar-refractivity contribution in [3.8, 4) is 5.75 Å². The number of rotatable bonds is 5. The van der Waals surface area contributed by atoms with Crippen LogP contribution in [0.2, 0.25) is 0 Å². The number of aliphatic hydroxyl groups is 1. The molecule has 1 N–H and O–H groups in total. The largest absolute Gasteiger partial charge is 0.487 e. The third-order valence-corrected chi connectivity index (χ3v) is 3.43. The van der Waals surface area contributed by atoms with Gasteiger partial charge in [0.1, 0.15) is 5.69 Å². The number of benzene rings is 1. The molecule has 0 bridgehead atoms. The van der Waals surface area contributed by atoms with Gasteiger partial charge in [0.15, 0.2) is 5.75 Å². The van der Waals surface area contributed by atoms with E-state index < -0.39 is 10.5 Å². The molecular formula is C13H18N2O4. The second-order valence-electron chi connectivity index (χ2n) is 4.75. The van der Waals surface area contributed by atoms with Gasteiger partial charge in [0, 0.05) is 13.1 Å². The number of ether oxygens (including phenoxy) is 1. The normalized spacial score (nSPS) is 16.9. The van der Waals surface area contributed by atoms with Crippen molar-refractivity contribution in [1.29, 1.82) is 0 Å². The first-order valence-electron chi connectivity index (χ1n) is 6.38. The van der Waals surface area contributed by atoms with Gasteiger partial charge in [0.2, 0.25) is 0 Å². The number of hydrogen-bond acceptors (Lipinski definition) is 5. The molecule has 0 spiro atoms. The van der Waals surface area contributed by atoms with Crippen molar-refractivity contribution in [2.24, 2.45) is 0 Å². The van der Waals surface area contributed by atoms with E-state index in [0.29, 0.717) is 31.8 Å². The van der Waals surface area contributed by atoms with Crippen molar-refractivity contribution in [2.45, 2.75) is 25.9 Å². The van der Waals surface area contributed by atoms with Crippen LogP contribution in [0, 0.1) is 10.1 Å². The van der Waals surface area contributed by atoms with Crippen LogP contribution in [0.1, 0.15) is 20.3 Å².